The standard InChI is InChI=1S/C17H27BN4O11S/c19-10-4-11(10)21-34(30,31)22-7-9(17(20,8-22)14(27)28)2-1-3-18-32-15(29)16(33-18,5-12(23)24)6-13(25)26/h9-11,21H,1-8,19-20H2,(H,23,24)(H,25,26)(H,27,28)/t9-,10?,11?,17-/m0/s1. The number of carbonyl (C=O) groups excluding carboxylic acids is 1. The summed E-state index contributed by atoms with van der Waals surface area (Å²) in [7, 11) is -5.23. The van der Waals surface area contributed by atoms with Gasteiger partial charge in [-0.3, -0.25) is 19.2 Å². The molecule has 15 nitrogen and oxygen atoms in total. The van der Waals surface area contributed by atoms with Gasteiger partial charge >= 0.3 is 31.0 Å². The maximum Gasteiger partial charge on any atom is 0.528 e. The smallest absolute Gasteiger partial charge is 0.507 e. The minimum atomic E-state index is -4.00. The van der Waals surface area contributed by atoms with Crippen molar-refractivity contribution in [3.8, 4) is 0 Å². The second-order valence-electron chi connectivity index (χ2n) is 8.98. The lowest BCUT2D eigenvalue weighted by Crippen LogP contribution is -2.55. The molecule has 0 aromatic heterocycles. The lowest BCUT2D eigenvalue weighted by Gasteiger charge is -2.25. The van der Waals surface area contributed by atoms with Crippen molar-refractivity contribution in [1.29, 1.82) is 0 Å². The number of aliphatic carboxylic acids is 3. The Hall–Kier alpha value is -2.31. The third-order valence-corrected chi connectivity index (χ3v) is 7.86. The number of nitrogens with one attached hydrogen (secondary N) is 1. The van der Waals surface area contributed by atoms with E-state index in [1.54, 1.807) is 0 Å². The molecular formula is C17H27BN4O11S. The Labute approximate surface area is 195 Å². The third-order valence-electron chi connectivity index (χ3n) is 6.30. The number of carbonyl (C=O) groups is 4. The molecule has 0 radical (unpaired) electrons. The summed E-state index contributed by atoms with van der Waals surface area (Å²) in [5, 5.41) is 27.7. The van der Waals surface area contributed by atoms with E-state index in [2.05, 4.69) is 4.72 Å². The van der Waals surface area contributed by atoms with Crippen molar-refractivity contribution in [3.05, 3.63) is 0 Å². The summed E-state index contributed by atoms with van der Waals surface area (Å²) < 4.78 is 38.9. The van der Waals surface area contributed by atoms with Crippen LogP contribution in [-0.4, -0.2) is 95.4 Å². The van der Waals surface area contributed by atoms with Gasteiger partial charge in [-0.1, -0.05) is 6.42 Å². The Balaban J connectivity index is 1.61. The van der Waals surface area contributed by atoms with Gasteiger partial charge in [-0.15, -0.1) is 0 Å². The molecule has 2 aliphatic heterocycles. The second kappa shape index (κ2) is 9.39. The van der Waals surface area contributed by atoms with Gasteiger partial charge in [-0.25, -0.2) is 0 Å². The quantitative estimate of drug-likeness (QED) is 0.146. The largest absolute Gasteiger partial charge is 0.528 e. The minimum Gasteiger partial charge on any atom is -0.507 e. The lowest BCUT2D eigenvalue weighted by atomic mass is 9.78. The molecule has 34 heavy (non-hydrogen) atoms. The van der Waals surface area contributed by atoms with Crippen molar-refractivity contribution in [2.75, 3.05) is 13.1 Å². The van der Waals surface area contributed by atoms with E-state index in [4.69, 9.17) is 31.0 Å². The van der Waals surface area contributed by atoms with Crippen molar-refractivity contribution in [2.24, 2.45) is 17.4 Å². The first kappa shape index (κ1) is 26.3. The highest BCUT2D eigenvalue weighted by molar-refractivity contribution is 7.87. The Morgan fingerprint density at radius 1 is 1.21 bits per heavy atom. The van der Waals surface area contributed by atoms with Gasteiger partial charge in [0.05, 0.1) is 12.8 Å². The molecule has 2 unspecified atom stereocenters. The van der Waals surface area contributed by atoms with Crippen molar-refractivity contribution < 1.29 is 52.2 Å². The van der Waals surface area contributed by atoms with E-state index in [0.717, 1.165) is 4.31 Å². The summed E-state index contributed by atoms with van der Waals surface area (Å²) in [5.41, 5.74) is 7.69. The molecule has 8 N–H and O–H groups in total. The van der Waals surface area contributed by atoms with Gasteiger partial charge in [-0.2, -0.15) is 17.4 Å². The summed E-state index contributed by atoms with van der Waals surface area (Å²) in [6, 6.07) is -0.703. The van der Waals surface area contributed by atoms with Crippen LogP contribution in [0.5, 0.6) is 0 Å². The Morgan fingerprint density at radius 2 is 1.79 bits per heavy atom. The first-order valence-electron chi connectivity index (χ1n) is 10.6. The molecule has 0 amide bonds. The minimum absolute atomic E-state index is 0.000848. The van der Waals surface area contributed by atoms with E-state index in [0.29, 0.717) is 6.42 Å². The van der Waals surface area contributed by atoms with Gasteiger partial charge in [-0.05, 0) is 19.2 Å². The van der Waals surface area contributed by atoms with Gasteiger partial charge in [0.15, 0.2) is 5.60 Å². The molecule has 2 heterocycles. The number of rotatable bonds is 12. The van der Waals surface area contributed by atoms with Gasteiger partial charge < -0.3 is 36.1 Å². The fraction of sp³-hybridized carbons (Fsp3) is 0.765. The zero-order valence-corrected chi connectivity index (χ0v) is 18.9. The van der Waals surface area contributed by atoms with Crippen LogP contribution in [0.4, 0.5) is 0 Å². The van der Waals surface area contributed by atoms with Gasteiger partial charge in [0.25, 0.3) is 10.2 Å². The van der Waals surface area contributed by atoms with Crippen molar-refractivity contribution >= 4 is 41.2 Å². The van der Waals surface area contributed by atoms with Crippen LogP contribution in [-0.2, 0) is 38.7 Å². The van der Waals surface area contributed by atoms with Crippen molar-refractivity contribution in [1.82, 2.24) is 9.03 Å². The normalized spacial score (nSPS) is 30.8. The van der Waals surface area contributed by atoms with Crippen LogP contribution in [0.1, 0.15) is 32.1 Å². The molecule has 4 atom stereocenters. The van der Waals surface area contributed by atoms with Crippen molar-refractivity contribution in [3.63, 3.8) is 0 Å². The predicted octanol–water partition coefficient (Wildman–Crippen LogP) is -2.84. The first-order chi connectivity index (χ1) is 15.7. The average Bonchev–Trinajstić information content (AvgIpc) is 3.11. The number of hydrogen-bond acceptors (Lipinski definition) is 10. The summed E-state index contributed by atoms with van der Waals surface area (Å²) in [4.78, 5) is 46.3. The maximum atomic E-state index is 12.6. The highest BCUT2D eigenvalue weighted by Gasteiger charge is 2.56. The highest BCUT2D eigenvalue weighted by atomic mass is 32.2. The van der Waals surface area contributed by atoms with E-state index < -0.39 is 83.7 Å². The van der Waals surface area contributed by atoms with Crippen LogP contribution in [0.15, 0.2) is 0 Å². The van der Waals surface area contributed by atoms with Crippen LogP contribution in [0, 0.1) is 5.92 Å². The lowest BCUT2D eigenvalue weighted by molar-refractivity contribution is -0.157. The molecule has 0 spiro atoms. The molecular weight excluding hydrogens is 479 g/mol. The molecule has 0 aromatic carbocycles. The summed E-state index contributed by atoms with van der Waals surface area (Å²) in [6.45, 7) is -0.604. The van der Waals surface area contributed by atoms with E-state index in [1.165, 1.54) is 0 Å². The van der Waals surface area contributed by atoms with Crippen molar-refractivity contribution in [2.45, 2.75) is 61.6 Å². The van der Waals surface area contributed by atoms with E-state index in [-0.39, 0.29) is 31.7 Å². The van der Waals surface area contributed by atoms with Gasteiger partial charge in [0.1, 0.15) is 5.54 Å². The average molecular weight is 506 g/mol. The maximum absolute atomic E-state index is 12.6. The van der Waals surface area contributed by atoms with Crippen LogP contribution in [0.3, 0.4) is 0 Å². The fourth-order valence-electron chi connectivity index (χ4n) is 4.26. The SMILES string of the molecule is NC1CC1NS(=O)(=O)N1C[C@H](CCCB2OC(=O)C(CC(=O)O)(CC(=O)O)O2)[C@](N)(C(=O)O)C1. The summed E-state index contributed by atoms with van der Waals surface area (Å²) in [6.07, 6.45) is -1.01. The van der Waals surface area contributed by atoms with Gasteiger partial charge in [0, 0.05) is 31.1 Å². The molecule has 1 saturated carbocycles. The second-order valence-corrected chi connectivity index (χ2v) is 10.7. The molecule has 17 heteroatoms. The zero-order chi connectivity index (χ0) is 25.5. The monoisotopic (exact) mass is 506 g/mol. The van der Waals surface area contributed by atoms with E-state index in [9.17, 15) is 32.7 Å². The Bertz CT molecular complexity index is 963. The first-order valence-corrected chi connectivity index (χ1v) is 12.0. The summed E-state index contributed by atoms with van der Waals surface area (Å²) in [5.74, 6) is -6.15. The van der Waals surface area contributed by atoms with Crippen LogP contribution in [0.25, 0.3) is 0 Å². The third kappa shape index (κ3) is 5.50. The molecule has 0 aromatic rings. The molecule has 3 aliphatic rings. The van der Waals surface area contributed by atoms with Crippen LogP contribution < -0.4 is 16.2 Å². The molecule has 2 saturated heterocycles. The molecule has 1 aliphatic carbocycles. The molecule has 3 rings (SSSR count). The predicted molar refractivity (Wildman–Crippen MR) is 112 cm³/mol. The van der Waals surface area contributed by atoms with Crippen LogP contribution >= 0.6 is 0 Å². The topological polar surface area (TPSA) is 249 Å². The van der Waals surface area contributed by atoms with Gasteiger partial charge in [0.2, 0.25) is 0 Å². The number of nitrogens with two attached hydrogens (primary N) is 2. The number of hydrogen-bond donors (Lipinski definition) is 6. The number of carboxylic acids is 3. The summed E-state index contributed by atoms with van der Waals surface area (Å²) >= 11 is 0. The molecule has 3 fully saturated rings. The van der Waals surface area contributed by atoms with E-state index >= 15 is 0 Å². The number of carboxylic acid groups (broad SMARTS) is 3. The molecule has 0 bridgehead atoms. The molecule has 190 valence electrons. The van der Waals surface area contributed by atoms with Crippen LogP contribution in [0.2, 0.25) is 6.32 Å². The Morgan fingerprint density at radius 3 is 2.29 bits per heavy atom. The Kier molecular flexibility index (Phi) is 7.26. The fourth-order valence-corrected chi connectivity index (χ4v) is 5.82. The highest BCUT2D eigenvalue weighted by Crippen LogP contribution is 2.35. The van der Waals surface area contributed by atoms with E-state index in [1.807, 2.05) is 0 Å². The zero-order valence-electron chi connectivity index (χ0n) is 18.1. The number of nitrogens with zero attached hydrogens (tertiary/aromatic N) is 1.